The maximum Gasteiger partial charge on any atom is 0.269 e. The Morgan fingerprint density at radius 1 is 1.16 bits per heavy atom. The number of carbonyl (C=O) groups excluding carboxylic acids is 1. The zero-order valence-corrected chi connectivity index (χ0v) is 18.5. The molecule has 10 heteroatoms. The van der Waals surface area contributed by atoms with Crippen LogP contribution in [-0.2, 0) is 18.4 Å². The molecule has 9 nitrogen and oxygen atoms in total. The Bertz CT molecular complexity index is 1090. The monoisotopic (exact) mass is 441 g/mol. The number of amides is 1. The Morgan fingerprint density at radius 3 is 2.42 bits per heavy atom. The smallest absolute Gasteiger partial charge is 0.269 e. The minimum absolute atomic E-state index is 0.000930. The molecule has 0 atom stereocenters. The van der Waals surface area contributed by atoms with Gasteiger partial charge in [0.2, 0.25) is 5.91 Å². The lowest BCUT2D eigenvalue weighted by molar-refractivity contribution is -0.384. The number of thioether (sulfide) groups is 1. The summed E-state index contributed by atoms with van der Waals surface area (Å²) in [5, 5.41) is 22.5. The first-order chi connectivity index (χ1) is 14.7. The quantitative estimate of drug-likeness (QED) is 0.320. The summed E-state index contributed by atoms with van der Waals surface area (Å²) in [4.78, 5) is 22.7. The molecule has 0 saturated carbocycles. The van der Waals surface area contributed by atoms with Gasteiger partial charge in [-0.25, -0.2) is 0 Å². The number of anilines is 1. The lowest BCUT2D eigenvalue weighted by atomic mass is 10.1. The first-order valence-corrected chi connectivity index (χ1v) is 10.5. The highest BCUT2D eigenvalue weighted by Crippen LogP contribution is 2.23. The van der Waals surface area contributed by atoms with Crippen molar-refractivity contribution < 1.29 is 14.5 Å². The van der Waals surface area contributed by atoms with Crippen molar-refractivity contribution in [3.63, 3.8) is 0 Å². The van der Waals surface area contributed by atoms with Gasteiger partial charge in [0.1, 0.15) is 12.4 Å². The van der Waals surface area contributed by atoms with Gasteiger partial charge in [-0.05, 0) is 44.0 Å². The van der Waals surface area contributed by atoms with Crippen LogP contribution in [0.3, 0.4) is 0 Å². The van der Waals surface area contributed by atoms with Crippen LogP contribution in [0.15, 0.2) is 41.6 Å². The van der Waals surface area contributed by atoms with Crippen molar-refractivity contribution >= 4 is 29.0 Å². The average Bonchev–Trinajstić information content (AvgIpc) is 3.07. The molecule has 162 valence electrons. The number of hydrogen-bond acceptors (Lipinski definition) is 7. The van der Waals surface area contributed by atoms with E-state index in [1.807, 2.05) is 32.9 Å². The van der Waals surface area contributed by atoms with E-state index in [0.29, 0.717) is 16.7 Å². The van der Waals surface area contributed by atoms with Crippen molar-refractivity contribution in [2.75, 3.05) is 11.1 Å². The molecule has 1 N–H and O–H groups in total. The first kappa shape index (κ1) is 22.3. The lowest BCUT2D eigenvalue weighted by Gasteiger charge is -2.12. The third-order valence-electron chi connectivity index (χ3n) is 4.61. The van der Waals surface area contributed by atoms with Crippen LogP contribution >= 0.6 is 11.8 Å². The van der Waals surface area contributed by atoms with E-state index >= 15 is 0 Å². The molecule has 31 heavy (non-hydrogen) atoms. The van der Waals surface area contributed by atoms with Crippen LogP contribution in [0.2, 0.25) is 0 Å². The first-order valence-electron chi connectivity index (χ1n) is 9.50. The number of hydrogen-bond donors (Lipinski definition) is 1. The fourth-order valence-corrected chi connectivity index (χ4v) is 3.82. The highest BCUT2D eigenvalue weighted by atomic mass is 32.2. The predicted octanol–water partition coefficient (Wildman–Crippen LogP) is 3.96. The highest BCUT2D eigenvalue weighted by molar-refractivity contribution is 7.99. The van der Waals surface area contributed by atoms with E-state index in [9.17, 15) is 14.9 Å². The summed E-state index contributed by atoms with van der Waals surface area (Å²) in [7, 11) is 1.79. The maximum absolute atomic E-state index is 12.4. The highest BCUT2D eigenvalue weighted by Gasteiger charge is 2.14. The topological polar surface area (TPSA) is 112 Å². The summed E-state index contributed by atoms with van der Waals surface area (Å²) in [6.45, 7) is 6.12. The van der Waals surface area contributed by atoms with E-state index in [2.05, 4.69) is 15.5 Å². The molecular formula is C21H23N5O4S. The van der Waals surface area contributed by atoms with Crippen molar-refractivity contribution in [3.8, 4) is 5.75 Å². The molecule has 3 aromatic rings. The number of carbonyl (C=O) groups is 1. The molecule has 0 aliphatic heterocycles. The van der Waals surface area contributed by atoms with Crippen LogP contribution in [0.4, 0.5) is 11.4 Å². The lowest BCUT2D eigenvalue weighted by Crippen LogP contribution is -2.16. The minimum Gasteiger partial charge on any atom is -0.486 e. The molecule has 0 bridgehead atoms. The van der Waals surface area contributed by atoms with Crippen LogP contribution in [-0.4, -0.2) is 31.3 Å². The van der Waals surface area contributed by atoms with Crippen LogP contribution < -0.4 is 10.1 Å². The second kappa shape index (κ2) is 9.61. The summed E-state index contributed by atoms with van der Waals surface area (Å²) < 4.78 is 7.38. The number of benzene rings is 2. The van der Waals surface area contributed by atoms with Crippen molar-refractivity contribution in [1.29, 1.82) is 0 Å². The number of nitrogens with zero attached hydrogens (tertiary/aromatic N) is 4. The molecular weight excluding hydrogens is 418 g/mol. The number of aryl methyl sites for hydroxylation is 3. The van der Waals surface area contributed by atoms with Gasteiger partial charge in [0.15, 0.2) is 11.0 Å². The third-order valence-corrected chi connectivity index (χ3v) is 5.63. The van der Waals surface area contributed by atoms with Gasteiger partial charge in [0.25, 0.3) is 5.69 Å². The number of ether oxygens (including phenoxy) is 1. The van der Waals surface area contributed by atoms with Crippen LogP contribution in [0.1, 0.15) is 22.5 Å². The SMILES string of the molecule is Cc1cc(C)c(NC(=O)CSc2nnc(COc3ccc([N+](=O)[O-])cc3)n2C)c(C)c1. The Balaban J connectivity index is 1.55. The molecule has 0 saturated heterocycles. The van der Waals surface area contributed by atoms with E-state index in [4.69, 9.17) is 4.74 Å². The number of rotatable bonds is 8. The van der Waals surface area contributed by atoms with Crippen molar-refractivity contribution in [2.24, 2.45) is 7.05 Å². The van der Waals surface area contributed by atoms with E-state index in [1.165, 1.54) is 36.0 Å². The van der Waals surface area contributed by atoms with Crippen molar-refractivity contribution in [2.45, 2.75) is 32.5 Å². The predicted molar refractivity (Wildman–Crippen MR) is 118 cm³/mol. The molecule has 0 aliphatic carbocycles. The Morgan fingerprint density at radius 2 is 1.81 bits per heavy atom. The molecule has 0 fully saturated rings. The molecule has 1 heterocycles. The van der Waals surface area contributed by atoms with E-state index in [-0.39, 0.29) is 24.0 Å². The summed E-state index contributed by atoms with van der Waals surface area (Å²) in [5.41, 5.74) is 4.05. The zero-order valence-electron chi connectivity index (χ0n) is 17.7. The fraction of sp³-hybridized carbons (Fsp3) is 0.286. The van der Waals surface area contributed by atoms with Crippen LogP contribution in [0.25, 0.3) is 0 Å². The van der Waals surface area contributed by atoms with Gasteiger partial charge < -0.3 is 14.6 Å². The number of aromatic nitrogens is 3. The summed E-state index contributed by atoms with van der Waals surface area (Å²) in [6, 6.07) is 9.89. The fourth-order valence-electron chi connectivity index (χ4n) is 3.09. The van der Waals surface area contributed by atoms with Gasteiger partial charge in [-0.3, -0.25) is 14.9 Å². The molecule has 2 aromatic carbocycles. The number of nitro benzene ring substituents is 1. The minimum atomic E-state index is -0.465. The number of non-ortho nitro benzene ring substituents is 1. The maximum atomic E-state index is 12.4. The molecule has 1 aromatic heterocycles. The molecule has 0 unspecified atom stereocenters. The van der Waals surface area contributed by atoms with E-state index in [0.717, 1.165) is 22.4 Å². The largest absolute Gasteiger partial charge is 0.486 e. The van der Waals surface area contributed by atoms with Gasteiger partial charge in [-0.15, -0.1) is 10.2 Å². The van der Waals surface area contributed by atoms with Crippen molar-refractivity contribution in [3.05, 3.63) is 69.0 Å². The van der Waals surface area contributed by atoms with Crippen molar-refractivity contribution in [1.82, 2.24) is 14.8 Å². The summed E-state index contributed by atoms with van der Waals surface area (Å²) in [5.74, 6) is 1.14. The van der Waals surface area contributed by atoms with E-state index in [1.54, 1.807) is 11.6 Å². The number of nitrogens with one attached hydrogen (secondary N) is 1. The molecule has 0 aliphatic rings. The Labute approximate surface area is 184 Å². The third kappa shape index (κ3) is 5.60. The second-order valence-corrected chi connectivity index (χ2v) is 8.05. The van der Waals surface area contributed by atoms with E-state index < -0.39 is 4.92 Å². The molecule has 0 spiro atoms. The van der Waals surface area contributed by atoms with Gasteiger partial charge >= 0.3 is 0 Å². The number of nitro groups is 1. The van der Waals surface area contributed by atoms with Gasteiger partial charge in [0, 0.05) is 24.9 Å². The molecule has 3 rings (SSSR count). The average molecular weight is 442 g/mol. The van der Waals surface area contributed by atoms with Gasteiger partial charge in [-0.2, -0.15) is 0 Å². The second-order valence-electron chi connectivity index (χ2n) is 7.11. The zero-order chi connectivity index (χ0) is 22.5. The molecule has 1 amide bonds. The summed E-state index contributed by atoms with van der Waals surface area (Å²) in [6.07, 6.45) is 0. The Hall–Kier alpha value is -3.40. The Kier molecular flexibility index (Phi) is 6.91. The molecule has 0 radical (unpaired) electrons. The summed E-state index contributed by atoms with van der Waals surface area (Å²) >= 11 is 1.28. The van der Waals surface area contributed by atoms with Gasteiger partial charge in [0.05, 0.1) is 10.7 Å². The van der Waals surface area contributed by atoms with Crippen LogP contribution in [0, 0.1) is 30.9 Å². The normalized spacial score (nSPS) is 10.7. The van der Waals surface area contributed by atoms with Gasteiger partial charge in [-0.1, -0.05) is 29.5 Å². The van der Waals surface area contributed by atoms with Crippen LogP contribution in [0.5, 0.6) is 5.75 Å². The standard InChI is InChI=1S/C21H23N5O4S/c1-13-9-14(2)20(15(3)10-13)22-19(27)12-31-21-24-23-18(25(21)4)11-30-17-7-5-16(6-8-17)26(28)29/h5-10H,11-12H2,1-4H3,(H,22,27).